The SMILES string of the molecule is Cc1c(Oc2cc(Cl)cc(Cl)c2)cc(N)cc1S(N)(=O)=O. The summed E-state index contributed by atoms with van der Waals surface area (Å²) in [4.78, 5) is -0.0920. The van der Waals surface area contributed by atoms with Crippen LogP contribution in [0.25, 0.3) is 0 Å². The van der Waals surface area contributed by atoms with Crippen molar-refractivity contribution < 1.29 is 13.2 Å². The van der Waals surface area contributed by atoms with E-state index in [0.29, 0.717) is 21.4 Å². The monoisotopic (exact) mass is 346 g/mol. The Morgan fingerprint density at radius 1 is 1.05 bits per heavy atom. The lowest BCUT2D eigenvalue weighted by Gasteiger charge is -2.13. The maximum absolute atomic E-state index is 11.5. The van der Waals surface area contributed by atoms with Crippen molar-refractivity contribution >= 4 is 38.9 Å². The Labute approximate surface area is 132 Å². The summed E-state index contributed by atoms with van der Waals surface area (Å²) in [5.74, 6) is 0.624. The van der Waals surface area contributed by atoms with Gasteiger partial charge in [0.15, 0.2) is 0 Å². The number of rotatable bonds is 3. The van der Waals surface area contributed by atoms with Gasteiger partial charge < -0.3 is 10.5 Å². The average Bonchev–Trinajstić information content (AvgIpc) is 2.30. The quantitative estimate of drug-likeness (QED) is 0.833. The number of hydrogen-bond acceptors (Lipinski definition) is 4. The van der Waals surface area contributed by atoms with E-state index in [2.05, 4.69) is 0 Å². The summed E-state index contributed by atoms with van der Waals surface area (Å²) >= 11 is 11.8. The molecule has 2 aromatic rings. The number of hydrogen-bond donors (Lipinski definition) is 2. The van der Waals surface area contributed by atoms with Gasteiger partial charge in [0.1, 0.15) is 11.5 Å². The molecule has 0 aliphatic rings. The molecule has 0 saturated heterocycles. The fourth-order valence-electron chi connectivity index (χ4n) is 1.80. The molecule has 21 heavy (non-hydrogen) atoms. The highest BCUT2D eigenvalue weighted by atomic mass is 35.5. The predicted molar refractivity (Wildman–Crippen MR) is 83.5 cm³/mol. The number of nitrogens with two attached hydrogens (primary N) is 2. The number of primary sulfonamides is 1. The number of sulfonamides is 1. The van der Waals surface area contributed by atoms with Crippen LogP contribution in [-0.2, 0) is 10.0 Å². The first-order chi connectivity index (χ1) is 9.66. The summed E-state index contributed by atoms with van der Waals surface area (Å²) in [5, 5.41) is 5.94. The minimum Gasteiger partial charge on any atom is -0.457 e. The smallest absolute Gasteiger partial charge is 0.238 e. The van der Waals surface area contributed by atoms with Crippen LogP contribution in [0.4, 0.5) is 5.69 Å². The first-order valence-corrected chi connectivity index (χ1v) is 8.04. The molecular formula is C13H12Cl2N2O3S. The minimum absolute atomic E-state index is 0.0920. The van der Waals surface area contributed by atoms with E-state index in [-0.39, 0.29) is 16.3 Å². The zero-order valence-electron chi connectivity index (χ0n) is 10.9. The normalized spacial score (nSPS) is 11.4. The minimum atomic E-state index is -3.90. The van der Waals surface area contributed by atoms with Crippen molar-refractivity contribution in [1.29, 1.82) is 0 Å². The Morgan fingerprint density at radius 2 is 1.62 bits per heavy atom. The summed E-state index contributed by atoms with van der Waals surface area (Å²) in [6.45, 7) is 1.57. The van der Waals surface area contributed by atoms with Crippen molar-refractivity contribution in [2.24, 2.45) is 5.14 Å². The highest BCUT2D eigenvalue weighted by Gasteiger charge is 2.17. The first-order valence-electron chi connectivity index (χ1n) is 5.73. The van der Waals surface area contributed by atoms with E-state index >= 15 is 0 Å². The molecule has 0 aromatic heterocycles. The van der Waals surface area contributed by atoms with E-state index in [1.165, 1.54) is 12.1 Å². The highest BCUT2D eigenvalue weighted by Crippen LogP contribution is 2.33. The third-order valence-electron chi connectivity index (χ3n) is 2.71. The van der Waals surface area contributed by atoms with Crippen molar-refractivity contribution in [3.63, 3.8) is 0 Å². The standard InChI is InChI=1S/C13H12Cl2N2O3S/c1-7-12(5-10(16)6-13(7)21(17,18)19)20-11-3-8(14)2-9(15)4-11/h2-6H,16H2,1H3,(H2,17,18,19). The van der Waals surface area contributed by atoms with E-state index in [1.54, 1.807) is 25.1 Å². The lowest BCUT2D eigenvalue weighted by molar-refractivity contribution is 0.477. The Kier molecular flexibility index (Phi) is 4.34. The van der Waals surface area contributed by atoms with Gasteiger partial charge in [-0.15, -0.1) is 0 Å². The molecule has 0 heterocycles. The van der Waals surface area contributed by atoms with Gasteiger partial charge in [0.05, 0.1) is 4.90 Å². The number of ether oxygens (including phenoxy) is 1. The van der Waals surface area contributed by atoms with E-state index in [1.807, 2.05) is 0 Å². The summed E-state index contributed by atoms with van der Waals surface area (Å²) in [6.07, 6.45) is 0. The van der Waals surface area contributed by atoms with Crippen molar-refractivity contribution in [3.05, 3.63) is 45.9 Å². The van der Waals surface area contributed by atoms with Gasteiger partial charge in [-0.3, -0.25) is 0 Å². The Bertz CT molecular complexity index is 787. The zero-order chi connectivity index (χ0) is 15.8. The number of benzene rings is 2. The van der Waals surface area contributed by atoms with Crippen molar-refractivity contribution in [2.45, 2.75) is 11.8 Å². The Hall–Kier alpha value is -1.47. The molecule has 4 N–H and O–H groups in total. The van der Waals surface area contributed by atoms with Crippen LogP contribution in [0.1, 0.15) is 5.56 Å². The number of halogens is 2. The van der Waals surface area contributed by atoms with Gasteiger partial charge in [-0.2, -0.15) is 0 Å². The summed E-state index contributed by atoms with van der Waals surface area (Å²) in [7, 11) is -3.90. The third kappa shape index (κ3) is 3.79. The van der Waals surface area contributed by atoms with Crippen LogP contribution in [0.3, 0.4) is 0 Å². The number of anilines is 1. The van der Waals surface area contributed by atoms with Crippen molar-refractivity contribution in [1.82, 2.24) is 0 Å². The predicted octanol–water partition coefficient (Wildman–Crippen LogP) is 3.32. The molecule has 2 rings (SSSR count). The Balaban J connectivity index is 2.52. The van der Waals surface area contributed by atoms with E-state index in [4.69, 9.17) is 38.8 Å². The second-order valence-corrected chi connectivity index (χ2v) is 6.80. The van der Waals surface area contributed by atoms with Crippen LogP contribution >= 0.6 is 23.2 Å². The summed E-state index contributed by atoms with van der Waals surface area (Å²) < 4.78 is 28.7. The second kappa shape index (κ2) is 5.73. The molecular weight excluding hydrogens is 335 g/mol. The molecule has 0 atom stereocenters. The molecule has 0 unspecified atom stereocenters. The summed E-state index contributed by atoms with van der Waals surface area (Å²) in [6, 6.07) is 7.43. The molecule has 0 fully saturated rings. The molecule has 0 aliphatic heterocycles. The topological polar surface area (TPSA) is 95.4 Å². The van der Waals surface area contributed by atoms with E-state index in [0.717, 1.165) is 0 Å². The van der Waals surface area contributed by atoms with Gasteiger partial charge in [-0.1, -0.05) is 23.2 Å². The van der Waals surface area contributed by atoms with Gasteiger partial charge in [0.2, 0.25) is 10.0 Å². The van der Waals surface area contributed by atoms with Crippen LogP contribution in [-0.4, -0.2) is 8.42 Å². The van der Waals surface area contributed by atoms with E-state index in [9.17, 15) is 8.42 Å². The second-order valence-electron chi connectivity index (χ2n) is 4.39. The third-order valence-corrected chi connectivity index (χ3v) is 4.18. The maximum Gasteiger partial charge on any atom is 0.238 e. The van der Waals surface area contributed by atoms with Crippen LogP contribution < -0.4 is 15.6 Å². The largest absolute Gasteiger partial charge is 0.457 e. The molecule has 0 amide bonds. The van der Waals surface area contributed by atoms with Gasteiger partial charge >= 0.3 is 0 Å². The van der Waals surface area contributed by atoms with Crippen LogP contribution in [0.2, 0.25) is 10.0 Å². The lowest BCUT2D eigenvalue weighted by Crippen LogP contribution is -2.14. The molecule has 5 nitrogen and oxygen atoms in total. The van der Waals surface area contributed by atoms with Crippen molar-refractivity contribution in [3.8, 4) is 11.5 Å². The molecule has 0 bridgehead atoms. The molecule has 112 valence electrons. The molecule has 0 radical (unpaired) electrons. The maximum atomic E-state index is 11.5. The fraction of sp³-hybridized carbons (Fsp3) is 0.0769. The van der Waals surface area contributed by atoms with Crippen LogP contribution in [0, 0.1) is 6.92 Å². The zero-order valence-corrected chi connectivity index (χ0v) is 13.3. The van der Waals surface area contributed by atoms with Gasteiger partial charge in [-0.05, 0) is 31.2 Å². The first kappa shape index (κ1) is 15.9. The van der Waals surface area contributed by atoms with Crippen molar-refractivity contribution in [2.75, 3.05) is 5.73 Å². The van der Waals surface area contributed by atoms with Crippen LogP contribution in [0.5, 0.6) is 11.5 Å². The van der Waals surface area contributed by atoms with Gasteiger partial charge in [0, 0.05) is 27.4 Å². The van der Waals surface area contributed by atoms with Crippen LogP contribution in [0.15, 0.2) is 35.2 Å². The Morgan fingerprint density at radius 3 is 2.14 bits per heavy atom. The fourth-order valence-corrected chi connectivity index (χ4v) is 3.13. The molecule has 0 aliphatic carbocycles. The molecule has 0 spiro atoms. The highest BCUT2D eigenvalue weighted by molar-refractivity contribution is 7.89. The van der Waals surface area contributed by atoms with E-state index < -0.39 is 10.0 Å². The lowest BCUT2D eigenvalue weighted by atomic mass is 10.2. The van der Waals surface area contributed by atoms with Gasteiger partial charge in [0.25, 0.3) is 0 Å². The average molecular weight is 347 g/mol. The number of nitrogen functional groups attached to an aromatic ring is 1. The molecule has 0 saturated carbocycles. The molecule has 8 heteroatoms. The van der Waals surface area contributed by atoms with Gasteiger partial charge in [-0.25, -0.2) is 13.6 Å². The molecule has 2 aromatic carbocycles. The summed E-state index contributed by atoms with van der Waals surface area (Å²) in [5.41, 5.74) is 6.25.